The van der Waals surface area contributed by atoms with Gasteiger partial charge in [-0.3, -0.25) is 0 Å². The Morgan fingerprint density at radius 1 is 1.17 bits per heavy atom. The van der Waals surface area contributed by atoms with E-state index in [1.165, 1.54) is 30.6 Å². The Kier molecular flexibility index (Phi) is 3.64. The highest BCUT2D eigenvalue weighted by molar-refractivity contribution is 7.97. The van der Waals surface area contributed by atoms with Gasteiger partial charge in [0.05, 0.1) is 6.10 Å². The van der Waals surface area contributed by atoms with E-state index in [1.807, 2.05) is 18.9 Å². The first-order valence-corrected chi connectivity index (χ1v) is 7.72. The summed E-state index contributed by atoms with van der Waals surface area (Å²) in [5, 5.41) is 10.1. The molecule has 18 heavy (non-hydrogen) atoms. The molecule has 3 heteroatoms. The Bertz CT molecular complexity index is 387. The maximum Gasteiger partial charge on any atom is 0.0679 e. The Labute approximate surface area is 114 Å². The molecule has 1 aromatic rings. The Balaban J connectivity index is 1.80. The predicted molar refractivity (Wildman–Crippen MR) is 75.4 cm³/mol. The molecule has 4 rings (SSSR count). The summed E-state index contributed by atoms with van der Waals surface area (Å²) in [6.45, 7) is 1.95. The van der Waals surface area contributed by atoms with Crippen LogP contribution in [0.1, 0.15) is 32.6 Å². The van der Waals surface area contributed by atoms with Crippen molar-refractivity contribution in [2.24, 2.45) is 5.92 Å². The first-order valence-electron chi connectivity index (χ1n) is 6.95. The second kappa shape index (κ2) is 5.24. The molecule has 2 saturated heterocycles. The zero-order valence-electron chi connectivity index (χ0n) is 10.8. The molecule has 98 valence electrons. The second-order valence-corrected chi connectivity index (χ2v) is 6.64. The van der Waals surface area contributed by atoms with Gasteiger partial charge >= 0.3 is 0 Å². The fourth-order valence-corrected chi connectivity index (χ4v) is 4.85. The maximum atomic E-state index is 10.1. The van der Waals surface area contributed by atoms with Crippen LogP contribution in [0.3, 0.4) is 0 Å². The summed E-state index contributed by atoms with van der Waals surface area (Å²) in [7, 11) is 0. The van der Waals surface area contributed by atoms with Gasteiger partial charge in [0.25, 0.3) is 0 Å². The molecule has 1 saturated carbocycles. The number of rotatable bonds is 3. The van der Waals surface area contributed by atoms with Crippen molar-refractivity contribution in [1.82, 2.24) is 4.31 Å². The lowest BCUT2D eigenvalue weighted by atomic mass is 9.75. The van der Waals surface area contributed by atoms with E-state index < -0.39 is 0 Å². The second-order valence-electron chi connectivity index (χ2n) is 5.56. The molecule has 2 bridgehead atoms. The minimum atomic E-state index is -0.227. The van der Waals surface area contributed by atoms with E-state index in [2.05, 4.69) is 34.6 Å². The number of hydrogen-bond acceptors (Lipinski definition) is 3. The molecule has 3 aliphatic rings. The highest BCUT2D eigenvalue weighted by atomic mass is 32.2. The van der Waals surface area contributed by atoms with E-state index in [0.29, 0.717) is 18.0 Å². The van der Waals surface area contributed by atoms with Crippen LogP contribution in [0.15, 0.2) is 35.2 Å². The number of nitrogens with zero attached hydrogens (tertiary/aromatic N) is 1. The van der Waals surface area contributed by atoms with Gasteiger partial charge in [0, 0.05) is 17.0 Å². The molecular weight excluding hydrogens is 242 g/mol. The summed E-state index contributed by atoms with van der Waals surface area (Å²) in [6, 6.07) is 11.5. The zero-order valence-corrected chi connectivity index (χ0v) is 11.6. The van der Waals surface area contributed by atoms with Gasteiger partial charge in [0.1, 0.15) is 0 Å². The van der Waals surface area contributed by atoms with Crippen LogP contribution in [-0.4, -0.2) is 27.6 Å². The van der Waals surface area contributed by atoms with Gasteiger partial charge in [0.15, 0.2) is 0 Å². The molecule has 0 radical (unpaired) electrons. The summed E-state index contributed by atoms with van der Waals surface area (Å²) in [6.07, 6.45) is 4.97. The van der Waals surface area contributed by atoms with Crippen molar-refractivity contribution in [3.63, 3.8) is 0 Å². The normalized spacial score (nSPS) is 33.6. The van der Waals surface area contributed by atoms with Crippen molar-refractivity contribution in [3.8, 4) is 0 Å². The molecular formula is C15H21NOS. The van der Waals surface area contributed by atoms with Crippen LogP contribution in [-0.2, 0) is 0 Å². The van der Waals surface area contributed by atoms with Crippen LogP contribution in [0.25, 0.3) is 0 Å². The van der Waals surface area contributed by atoms with Crippen LogP contribution in [0.5, 0.6) is 0 Å². The lowest BCUT2D eigenvalue weighted by Crippen LogP contribution is -2.55. The standard InChI is InChI=1S/C15H21NOS/c1-11(17)15-12-7-9-13(10-8-12)16(15)18-14-5-3-2-4-6-14/h2-6,11-13,15,17H,7-10H2,1H3. The molecule has 1 aromatic carbocycles. The number of aliphatic hydroxyl groups is 1. The molecule has 2 nitrogen and oxygen atoms in total. The van der Waals surface area contributed by atoms with Crippen LogP contribution in [0.4, 0.5) is 0 Å². The van der Waals surface area contributed by atoms with Crippen molar-refractivity contribution < 1.29 is 5.11 Å². The van der Waals surface area contributed by atoms with Crippen LogP contribution in [0.2, 0.25) is 0 Å². The van der Waals surface area contributed by atoms with Crippen molar-refractivity contribution >= 4 is 11.9 Å². The Hall–Kier alpha value is -0.510. The topological polar surface area (TPSA) is 23.5 Å². The Morgan fingerprint density at radius 2 is 1.83 bits per heavy atom. The molecule has 2 aliphatic heterocycles. The Morgan fingerprint density at radius 3 is 2.44 bits per heavy atom. The van der Waals surface area contributed by atoms with Crippen LogP contribution < -0.4 is 0 Å². The first-order chi connectivity index (χ1) is 8.75. The number of piperidine rings is 2. The van der Waals surface area contributed by atoms with Crippen molar-refractivity contribution in [2.75, 3.05) is 0 Å². The average molecular weight is 263 g/mol. The largest absolute Gasteiger partial charge is 0.392 e. The van der Waals surface area contributed by atoms with Gasteiger partial charge in [-0.15, -0.1) is 0 Å². The first kappa shape index (κ1) is 12.5. The summed E-state index contributed by atoms with van der Waals surface area (Å²) in [5.41, 5.74) is 0. The minimum absolute atomic E-state index is 0.227. The summed E-state index contributed by atoms with van der Waals surface area (Å²) in [5.74, 6) is 0.686. The SMILES string of the molecule is CC(O)C1C2CCC(CC2)N1Sc1ccccc1. The van der Waals surface area contributed by atoms with Crippen LogP contribution in [0, 0.1) is 5.92 Å². The molecule has 0 aromatic heterocycles. The van der Waals surface area contributed by atoms with Crippen LogP contribution >= 0.6 is 11.9 Å². The van der Waals surface area contributed by atoms with Gasteiger partial charge in [-0.2, -0.15) is 0 Å². The van der Waals surface area contributed by atoms with E-state index in [-0.39, 0.29) is 6.10 Å². The van der Waals surface area contributed by atoms with Gasteiger partial charge < -0.3 is 5.11 Å². The monoisotopic (exact) mass is 263 g/mol. The van der Waals surface area contributed by atoms with E-state index in [1.54, 1.807) is 0 Å². The quantitative estimate of drug-likeness (QED) is 0.846. The van der Waals surface area contributed by atoms with Crippen molar-refractivity contribution in [1.29, 1.82) is 0 Å². The third-order valence-electron chi connectivity index (χ3n) is 4.33. The van der Waals surface area contributed by atoms with Gasteiger partial charge in [-0.25, -0.2) is 4.31 Å². The number of fused-ring (bicyclic) bond motifs is 3. The van der Waals surface area contributed by atoms with Gasteiger partial charge in [-0.05, 0) is 62.6 Å². The lowest BCUT2D eigenvalue weighted by Gasteiger charge is -2.51. The highest BCUT2D eigenvalue weighted by Gasteiger charge is 2.44. The summed E-state index contributed by atoms with van der Waals surface area (Å²) in [4.78, 5) is 1.29. The van der Waals surface area contributed by atoms with Crippen molar-refractivity contribution in [3.05, 3.63) is 30.3 Å². The lowest BCUT2D eigenvalue weighted by molar-refractivity contribution is -0.0108. The van der Waals surface area contributed by atoms with E-state index in [9.17, 15) is 5.11 Å². The number of aliphatic hydroxyl groups excluding tert-OH is 1. The average Bonchev–Trinajstić information content (AvgIpc) is 2.40. The van der Waals surface area contributed by atoms with Gasteiger partial charge in [-0.1, -0.05) is 18.2 Å². The van der Waals surface area contributed by atoms with Crippen molar-refractivity contribution in [2.45, 2.75) is 55.7 Å². The summed E-state index contributed by atoms with van der Waals surface area (Å²) >= 11 is 1.84. The molecule has 2 heterocycles. The smallest absolute Gasteiger partial charge is 0.0679 e. The van der Waals surface area contributed by atoms with Gasteiger partial charge in [0.2, 0.25) is 0 Å². The third kappa shape index (κ3) is 2.31. The van der Waals surface area contributed by atoms with E-state index in [4.69, 9.17) is 0 Å². The molecule has 0 amide bonds. The fraction of sp³-hybridized carbons (Fsp3) is 0.600. The molecule has 3 fully saturated rings. The third-order valence-corrected chi connectivity index (χ3v) is 5.56. The number of hydrogen-bond donors (Lipinski definition) is 1. The van der Waals surface area contributed by atoms with E-state index in [0.717, 1.165) is 0 Å². The fourth-order valence-electron chi connectivity index (χ4n) is 3.49. The zero-order chi connectivity index (χ0) is 12.5. The number of benzene rings is 1. The minimum Gasteiger partial charge on any atom is -0.392 e. The summed E-state index contributed by atoms with van der Waals surface area (Å²) < 4.78 is 2.48. The molecule has 2 atom stereocenters. The molecule has 0 spiro atoms. The van der Waals surface area contributed by atoms with E-state index >= 15 is 0 Å². The molecule has 1 N–H and O–H groups in total. The molecule has 1 aliphatic carbocycles. The maximum absolute atomic E-state index is 10.1. The molecule has 2 unspecified atom stereocenters. The predicted octanol–water partition coefficient (Wildman–Crippen LogP) is 3.32. The highest BCUT2D eigenvalue weighted by Crippen LogP contribution is 2.45.